The van der Waals surface area contributed by atoms with Crippen LogP contribution in [0.15, 0.2) is 79.0 Å². The molecule has 0 unspecified atom stereocenters. The maximum atomic E-state index is 13.8. The first-order chi connectivity index (χ1) is 18.1. The number of nitrogens with one attached hydrogen (secondary N) is 1. The predicted molar refractivity (Wildman–Crippen MR) is 135 cm³/mol. The van der Waals surface area contributed by atoms with Gasteiger partial charge in [-0.05, 0) is 53.6 Å². The molecule has 0 spiro atoms. The zero-order chi connectivity index (χ0) is 26.8. The fraction of sp³-hybridized carbons (Fsp3) is 0.179. The zero-order valence-electron chi connectivity index (χ0n) is 19.5. The number of carbonyl (C=O) groups excluding carboxylic acids is 3. The SMILES string of the molecule is O=C(Nc1cccc(C(F)(F)F)c1)[C@H]1[C@H]2C(=O)N(c3cccc(Cl)c3)C(=O)[C@@H]2[C@H]2c3ccccc3C=CN21. The van der Waals surface area contributed by atoms with Crippen LogP contribution in [0.4, 0.5) is 24.5 Å². The number of anilines is 2. The van der Waals surface area contributed by atoms with E-state index in [0.29, 0.717) is 10.7 Å². The van der Waals surface area contributed by atoms with Crippen LogP contribution in [0.25, 0.3) is 6.08 Å². The Kier molecular flexibility index (Phi) is 5.57. The normalized spacial score (nSPS) is 23.8. The van der Waals surface area contributed by atoms with Crippen LogP contribution in [-0.4, -0.2) is 28.7 Å². The van der Waals surface area contributed by atoms with E-state index in [4.69, 9.17) is 11.6 Å². The van der Waals surface area contributed by atoms with Gasteiger partial charge in [-0.25, -0.2) is 4.90 Å². The second-order valence-corrected chi connectivity index (χ2v) is 9.83. The van der Waals surface area contributed by atoms with E-state index in [2.05, 4.69) is 5.32 Å². The molecule has 3 aliphatic heterocycles. The van der Waals surface area contributed by atoms with Crippen molar-refractivity contribution in [3.63, 3.8) is 0 Å². The molecule has 0 bridgehead atoms. The van der Waals surface area contributed by atoms with Crippen LogP contribution in [0, 0.1) is 11.8 Å². The van der Waals surface area contributed by atoms with Crippen molar-refractivity contribution in [3.05, 3.63) is 101 Å². The Hall–Kier alpha value is -4.11. The van der Waals surface area contributed by atoms with Gasteiger partial charge in [0, 0.05) is 16.9 Å². The van der Waals surface area contributed by atoms with E-state index in [9.17, 15) is 27.6 Å². The molecule has 3 aromatic carbocycles. The fourth-order valence-electron chi connectivity index (χ4n) is 5.72. The first-order valence-electron chi connectivity index (χ1n) is 11.8. The third kappa shape index (κ3) is 3.77. The van der Waals surface area contributed by atoms with Gasteiger partial charge in [-0.3, -0.25) is 14.4 Å². The van der Waals surface area contributed by atoms with E-state index in [-0.39, 0.29) is 5.69 Å². The topological polar surface area (TPSA) is 69.7 Å². The molecule has 4 atom stereocenters. The predicted octanol–water partition coefficient (Wildman–Crippen LogP) is 5.51. The van der Waals surface area contributed by atoms with Gasteiger partial charge in [-0.15, -0.1) is 0 Å². The molecule has 6 nitrogen and oxygen atoms in total. The molecule has 0 radical (unpaired) electrons. The summed E-state index contributed by atoms with van der Waals surface area (Å²) in [5.41, 5.74) is 0.963. The number of hydrogen-bond donors (Lipinski definition) is 1. The Morgan fingerprint density at radius 2 is 1.63 bits per heavy atom. The number of halogens is 4. The maximum Gasteiger partial charge on any atom is 0.416 e. The molecule has 2 fully saturated rings. The van der Waals surface area contributed by atoms with E-state index in [1.807, 2.05) is 24.3 Å². The van der Waals surface area contributed by atoms with E-state index in [1.165, 1.54) is 18.2 Å². The van der Waals surface area contributed by atoms with Crippen LogP contribution in [0.2, 0.25) is 5.02 Å². The highest BCUT2D eigenvalue weighted by molar-refractivity contribution is 6.31. The summed E-state index contributed by atoms with van der Waals surface area (Å²) in [6.07, 6.45) is -1.12. The van der Waals surface area contributed by atoms with E-state index in [0.717, 1.165) is 28.2 Å². The lowest BCUT2D eigenvalue weighted by Crippen LogP contribution is -2.46. The number of nitrogens with zero attached hydrogens (tertiary/aromatic N) is 2. The van der Waals surface area contributed by atoms with E-state index in [1.54, 1.807) is 35.4 Å². The second-order valence-electron chi connectivity index (χ2n) is 9.39. The molecule has 3 aliphatic rings. The molecule has 2 saturated heterocycles. The Bertz CT molecular complexity index is 1520. The van der Waals surface area contributed by atoms with Gasteiger partial charge in [0.2, 0.25) is 17.7 Å². The first-order valence-corrected chi connectivity index (χ1v) is 12.2. The molecule has 0 saturated carbocycles. The van der Waals surface area contributed by atoms with Crippen molar-refractivity contribution in [2.24, 2.45) is 11.8 Å². The van der Waals surface area contributed by atoms with Crippen LogP contribution in [-0.2, 0) is 20.6 Å². The summed E-state index contributed by atoms with van der Waals surface area (Å²) in [7, 11) is 0. The first kappa shape index (κ1) is 24.2. The minimum absolute atomic E-state index is 0.0605. The van der Waals surface area contributed by atoms with Crippen molar-refractivity contribution in [2.75, 3.05) is 10.2 Å². The van der Waals surface area contributed by atoms with Crippen LogP contribution < -0.4 is 10.2 Å². The number of rotatable bonds is 3. The lowest BCUT2D eigenvalue weighted by molar-refractivity contribution is -0.137. The van der Waals surface area contributed by atoms with Crippen molar-refractivity contribution in [3.8, 4) is 0 Å². The molecule has 38 heavy (non-hydrogen) atoms. The molecule has 0 aliphatic carbocycles. The summed E-state index contributed by atoms with van der Waals surface area (Å²) >= 11 is 6.12. The molecule has 1 N–H and O–H groups in total. The van der Waals surface area contributed by atoms with Crippen LogP contribution in [0.3, 0.4) is 0 Å². The molecular formula is C28H19ClF3N3O3. The van der Waals surface area contributed by atoms with Crippen molar-refractivity contribution >= 4 is 46.8 Å². The highest BCUT2D eigenvalue weighted by Crippen LogP contribution is 2.53. The van der Waals surface area contributed by atoms with E-state index < -0.39 is 53.4 Å². The summed E-state index contributed by atoms with van der Waals surface area (Å²) in [5.74, 6) is -3.65. The third-order valence-corrected chi connectivity index (χ3v) is 7.49. The lowest BCUT2D eigenvalue weighted by Gasteiger charge is -2.35. The van der Waals surface area contributed by atoms with Gasteiger partial charge >= 0.3 is 6.18 Å². The summed E-state index contributed by atoms with van der Waals surface area (Å²) in [4.78, 5) is 44.0. The number of amides is 3. The number of fused-ring (bicyclic) bond motifs is 5. The standard InChI is InChI=1S/C28H19ClF3N3O3/c29-17-7-4-9-19(14-17)35-26(37)21-22(27(35)38)24(34-12-11-15-5-1-2-10-20(15)23(21)34)25(36)33-18-8-3-6-16(13-18)28(30,31)32/h1-14,21-24H,(H,33,36)/t21-,22-,23+,24+/m0/s1. The molecule has 3 amide bonds. The highest BCUT2D eigenvalue weighted by Gasteiger charge is 2.64. The Labute approximate surface area is 220 Å². The lowest BCUT2D eigenvalue weighted by atomic mass is 9.84. The van der Waals surface area contributed by atoms with E-state index >= 15 is 0 Å². The van der Waals surface area contributed by atoms with Crippen LogP contribution >= 0.6 is 11.6 Å². The van der Waals surface area contributed by atoms with Crippen molar-refractivity contribution < 1.29 is 27.6 Å². The smallest absolute Gasteiger partial charge is 0.357 e. The summed E-state index contributed by atoms with van der Waals surface area (Å²) in [5, 5.41) is 2.89. The molecule has 3 heterocycles. The van der Waals surface area contributed by atoms with Gasteiger partial charge in [-0.1, -0.05) is 48.0 Å². The Balaban J connectivity index is 1.42. The quantitative estimate of drug-likeness (QED) is 0.447. The number of alkyl halides is 3. The molecule has 192 valence electrons. The molecule has 6 rings (SSSR count). The number of hydrogen-bond acceptors (Lipinski definition) is 4. The van der Waals surface area contributed by atoms with Gasteiger partial charge < -0.3 is 10.2 Å². The minimum Gasteiger partial charge on any atom is -0.357 e. The average molecular weight is 538 g/mol. The van der Waals surface area contributed by atoms with Crippen LogP contribution in [0.1, 0.15) is 22.7 Å². The number of carbonyl (C=O) groups is 3. The highest BCUT2D eigenvalue weighted by atomic mass is 35.5. The fourth-order valence-corrected chi connectivity index (χ4v) is 5.90. The molecule has 3 aromatic rings. The monoisotopic (exact) mass is 537 g/mol. The van der Waals surface area contributed by atoms with Crippen molar-refractivity contribution in [1.82, 2.24) is 4.90 Å². The van der Waals surface area contributed by atoms with Gasteiger partial charge in [0.05, 0.1) is 29.1 Å². The van der Waals surface area contributed by atoms with Gasteiger partial charge in [0.15, 0.2) is 0 Å². The molecule has 10 heteroatoms. The molecular weight excluding hydrogens is 519 g/mol. The largest absolute Gasteiger partial charge is 0.416 e. The third-order valence-electron chi connectivity index (χ3n) is 7.25. The zero-order valence-corrected chi connectivity index (χ0v) is 20.3. The Morgan fingerprint density at radius 1 is 0.895 bits per heavy atom. The average Bonchev–Trinajstić information content (AvgIpc) is 3.36. The van der Waals surface area contributed by atoms with Crippen molar-refractivity contribution in [1.29, 1.82) is 0 Å². The van der Waals surface area contributed by atoms with Gasteiger partial charge in [-0.2, -0.15) is 13.2 Å². The Morgan fingerprint density at radius 3 is 2.39 bits per heavy atom. The van der Waals surface area contributed by atoms with Gasteiger partial charge in [0.1, 0.15) is 6.04 Å². The number of benzene rings is 3. The van der Waals surface area contributed by atoms with Crippen LogP contribution in [0.5, 0.6) is 0 Å². The second kappa shape index (κ2) is 8.73. The minimum atomic E-state index is -4.59. The number of imide groups is 1. The van der Waals surface area contributed by atoms with Crippen molar-refractivity contribution in [2.45, 2.75) is 18.3 Å². The summed E-state index contributed by atoms with van der Waals surface area (Å²) in [6.45, 7) is 0. The molecule has 0 aromatic heterocycles. The summed E-state index contributed by atoms with van der Waals surface area (Å²) in [6, 6.07) is 16.3. The summed E-state index contributed by atoms with van der Waals surface area (Å²) < 4.78 is 39.7. The maximum absolute atomic E-state index is 13.8. The van der Waals surface area contributed by atoms with Gasteiger partial charge in [0.25, 0.3) is 0 Å².